The van der Waals surface area contributed by atoms with Crippen LogP contribution in [0.2, 0.25) is 0 Å². The van der Waals surface area contributed by atoms with E-state index in [4.69, 9.17) is 0 Å². The number of para-hydroxylation sites is 1. The number of hydrogen-bond donors (Lipinski definition) is 0. The Morgan fingerprint density at radius 3 is 2.63 bits per heavy atom. The third-order valence-electron chi connectivity index (χ3n) is 3.89. The highest BCUT2D eigenvalue weighted by molar-refractivity contribution is 8.19. The molecule has 1 fully saturated rings. The second kappa shape index (κ2) is 7.55. The number of carbonyl (C=O) groups is 1. The van der Waals surface area contributed by atoms with E-state index >= 15 is 0 Å². The lowest BCUT2D eigenvalue weighted by atomic mass is 10.2. The van der Waals surface area contributed by atoms with Gasteiger partial charge in [-0.3, -0.25) is 14.7 Å². The van der Waals surface area contributed by atoms with E-state index in [-0.39, 0.29) is 5.91 Å². The van der Waals surface area contributed by atoms with Crippen LogP contribution in [0.15, 0.2) is 83.0 Å². The number of amides is 1. The van der Waals surface area contributed by atoms with Crippen molar-refractivity contribution in [3.05, 3.63) is 89.2 Å². The van der Waals surface area contributed by atoms with E-state index in [1.807, 2.05) is 73.7 Å². The van der Waals surface area contributed by atoms with Crippen molar-refractivity contribution < 1.29 is 4.79 Å². The molecule has 0 spiro atoms. The van der Waals surface area contributed by atoms with Crippen LogP contribution in [-0.2, 0) is 4.79 Å². The predicted molar refractivity (Wildman–Crippen MR) is 110 cm³/mol. The van der Waals surface area contributed by atoms with Gasteiger partial charge in [0.1, 0.15) is 0 Å². The number of nitrogens with zero attached hydrogens (tertiary/aromatic N) is 4. The maximum absolute atomic E-state index is 13.1. The number of rotatable bonds is 3. The highest BCUT2D eigenvalue weighted by Gasteiger charge is 2.34. The van der Waals surface area contributed by atoms with Crippen LogP contribution in [0.5, 0.6) is 0 Å². The van der Waals surface area contributed by atoms with E-state index in [0.29, 0.717) is 15.9 Å². The Hall–Kier alpha value is -3.25. The van der Waals surface area contributed by atoms with Gasteiger partial charge in [-0.25, -0.2) is 9.98 Å². The molecule has 3 aromatic rings. The standard InChI is InChI=1S/C21H16N4OS/c1-15-7-5-11-19(23-15)24-21-25(17-9-3-2-4-10-17)20(26)18(27-21)13-16-8-6-12-22-14-16/h2-14H,1H3/b18-13-,24-21+. The summed E-state index contributed by atoms with van der Waals surface area (Å²) >= 11 is 1.34. The zero-order chi connectivity index (χ0) is 18.6. The molecule has 1 aliphatic heterocycles. The third-order valence-corrected chi connectivity index (χ3v) is 4.86. The first kappa shape index (κ1) is 17.2. The van der Waals surface area contributed by atoms with Crippen molar-refractivity contribution in [1.29, 1.82) is 0 Å². The van der Waals surface area contributed by atoms with Crippen molar-refractivity contribution in [1.82, 2.24) is 9.97 Å². The molecule has 0 N–H and O–H groups in total. The molecule has 132 valence electrons. The maximum atomic E-state index is 13.1. The number of hydrogen-bond acceptors (Lipinski definition) is 5. The number of thioether (sulfide) groups is 1. The van der Waals surface area contributed by atoms with Crippen molar-refractivity contribution in [2.24, 2.45) is 4.99 Å². The van der Waals surface area contributed by atoms with Crippen molar-refractivity contribution in [3.63, 3.8) is 0 Å². The zero-order valence-corrected chi connectivity index (χ0v) is 15.4. The number of benzene rings is 1. The SMILES string of the molecule is Cc1cccc(/N=C2/S/C(=C\c3cccnc3)C(=O)N2c2ccccc2)n1. The average molecular weight is 372 g/mol. The summed E-state index contributed by atoms with van der Waals surface area (Å²) in [6.07, 6.45) is 5.27. The molecule has 1 amide bonds. The first-order valence-corrected chi connectivity index (χ1v) is 9.24. The van der Waals surface area contributed by atoms with Crippen LogP contribution in [0.25, 0.3) is 6.08 Å². The third kappa shape index (κ3) is 3.80. The van der Waals surface area contributed by atoms with Gasteiger partial charge in [-0.15, -0.1) is 0 Å². The van der Waals surface area contributed by atoms with Crippen LogP contribution in [0.1, 0.15) is 11.3 Å². The molecule has 0 radical (unpaired) electrons. The van der Waals surface area contributed by atoms with Gasteiger partial charge in [0.05, 0.1) is 10.6 Å². The lowest BCUT2D eigenvalue weighted by Gasteiger charge is -2.15. The first-order valence-electron chi connectivity index (χ1n) is 8.42. The zero-order valence-electron chi connectivity index (χ0n) is 14.6. The number of aliphatic imine (C=N–C) groups is 1. The topological polar surface area (TPSA) is 58.5 Å². The van der Waals surface area contributed by atoms with Crippen LogP contribution in [0.3, 0.4) is 0 Å². The number of aromatic nitrogens is 2. The second-order valence-electron chi connectivity index (χ2n) is 5.90. The summed E-state index contributed by atoms with van der Waals surface area (Å²) in [6, 6.07) is 18.9. The number of carbonyl (C=O) groups excluding carboxylic acids is 1. The van der Waals surface area contributed by atoms with Gasteiger partial charge in [0.25, 0.3) is 5.91 Å². The molecule has 5 nitrogen and oxygen atoms in total. The van der Waals surface area contributed by atoms with Gasteiger partial charge in [-0.2, -0.15) is 0 Å². The number of aryl methyl sites for hydroxylation is 1. The Bertz CT molecular complexity index is 1030. The molecule has 3 heterocycles. The molecule has 2 aromatic heterocycles. The van der Waals surface area contributed by atoms with Gasteiger partial charge >= 0.3 is 0 Å². The molecule has 1 aliphatic rings. The average Bonchev–Trinajstić information content (AvgIpc) is 2.98. The summed E-state index contributed by atoms with van der Waals surface area (Å²) in [7, 11) is 0. The Labute approximate surface area is 161 Å². The summed E-state index contributed by atoms with van der Waals surface area (Å²) in [4.78, 5) is 28.5. The number of anilines is 1. The van der Waals surface area contributed by atoms with Crippen LogP contribution in [0, 0.1) is 6.92 Å². The lowest BCUT2D eigenvalue weighted by Crippen LogP contribution is -2.28. The minimum absolute atomic E-state index is 0.110. The van der Waals surface area contributed by atoms with Crippen molar-refractivity contribution in [2.75, 3.05) is 4.90 Å². The van der Waals surface area contributed by atoms with Crippen LogP contribution >= 0.6 is 11.8 Å². The van der Waals surface area contributed by atoms with Crippen molar-refractivity contribution in [2.45, 2.75) is 6.92 Å². The fraction of sp³-hybridized carbons (Fsp3) is 0.0476. The quantitative estimate of drug-likeness (QED) is 0.631. The molecule has 0 atom stereocenters. The summed E-state index contributed by atoms with van der Waals surface area (Å²) in [6.45, 7) is 1.92. The molecule has 4 rings (SSSR count). The van der Waals surface area contributed by atoms with Crippen molar-refractivity contribution in [3.8, 4) is 0 Å². The van der Waals surface area contributed by atoms with Gasteiger partial charge in [-0.1, -0.05) is 30.3 Å². The summed E-state index contributed by atoms with van der Waals surface area (Å²) in [5, 5.41) is 0.583. The molecule has 1 saturated heterocycles. The molecule has 27 heavy (non-hydrogen) atoms. The summed E-state index contributed by atoms with van der Waals surface area (Å²) in [5.74, 6) is 0.468. The van der Waals surface area contributed by atoms with E-state index in [9.17, 15) is 4.79 Å². The van der Waals surface area contributed by atoms with Gasteiger partial charge in [-0.05, 0) is 60.7 Å². The number of amidine groups is 1. The van der Waals surface area contributed by atoms with Gasteiger partial charge in [0.15, 0.2) is 11.0 Å². The van der Waals surface area contributed by atoms with Crippen LogP contribution in [-0.4, -0.2) is 21.0 Å². The second-order valence-corrected chi connectivity index (χ2v) is 6.91. The first-order chi connectivity index (χ1) is 13.2. The van der Waals surface area contributed by atoms with Crippen LogP contribution in [0.4, 0.5) is 11.5 Å². The Morgan fingerprint density at radius 2 is 1.89 bits per heavy atom. The largest absolute Gasteiger partial charge is 0.271 e. The molecule has 0 unspecified atom stereocenters. The minimum Gasteiger partial charge on any atom is -0.268 e. The molecular formula is C21H16N4OS. The molecule has 1 aromatic carbocycles. The molecule has 0 bridgehead atoms. The highest BCUT2D eigenvalue weighted by Crippen LogP contribution is 2.36. The van der Waals surface area contributed by atoms with E-state index in [1.54, 1.807) is 17.3 Å². The van der Waals surface area contributed by atoms with Gasteiger partial charge in [0, 0.05) is 18.1 Å². The normalized spacial score (nSPS) is 17.1. The van der Waals surface area contributed by atoms with E-state index in [0.717, 1.165) is 16.9 Å². The minimum atomic E-state index is -0.110. The van der Waals surface area contributed by atoms with Crippen LogP contribution < -0.4 is 4.90 Å². The van der Waals surface area contributed by atoms with E-state index in [1.165, 1.54) is 11.8 Å². The van der Waals surface area contributed by atoms with E-state index in [2.05, 4.69) is 15.0 Å². The smallest absolute Gasteiger partial charge is 0.268 e. The maximum Gasteiger partial charge on any atom is 0.271 e. The molecule has 0 aliphatic carbocycles. The Morgan fingerprint density at radius 1 is 1.04 bits per heavy atom. The molecule has 6 heteroatoms. The highest BCUT2D eigenvalue weighted by atomic mass is 32.2. The molecule has 0 saturated carbocycles. The van der Waals surface area contributed by atoms with Gasteiger partial charge in [0.2, 0.25) is 0 Å². The molecular weight excluding hydrogens is 356 g/mol. The Kier molecular flexibility index (Phi) is 4.80. The van der Waals surface area contributed by atoms with E-state index < -0.39 is 0 Å². The van der Waals surface area contributed by atoms with Crippen molar-refractivity contribution >= 4 is 40.4 Å². The lowest BCUT2D eigenvalue weighted by molar-refractivity contribution is -0.113. The predicted octanol–water partition coefficient (Wildman–Crippen LogP) is 4.59. The fourth-order valence-corrected chi connectivity index (χ4v) is 3.64. The summed E-state index contributed by atoms with van der Waals surface area (Å²) in [5.41, 5.74) is 2.52. The fourth-order valence-electron chi connectivity index (χ4n) is 2.66. The monoisotopic (exact) mass is 372 g/mol. The Balaban J connectivity index is 1.78. The van der Waals surface area contributed by atoms with Gasteiger partial charge < -0.3 is 0 Å². The summed E-state index contributed by atoms with van der Waals surface area (Å²) < 4.78 is 0. The number of pyridine rings is 2.